The lowest BCUT2D eigenvalue weighted by atomic mass is 10.1. The molecule has 2 N–H and O–H groups in total. The van der Waals surface area contributed by atoms with Gasteiger partial charge in [-0.2, -0.15) is 0 Å². The van der Waals surface area contributed by atoms with E-state index < -0.39 is 5.97 Å². The number of carbonyl (C=O) groups is 2. The first kappa shape index (κ1) is 16.0. The van der Waals surface area contributed by atoms with Crippen molar-refractivity contribution in [3.05, 3.63) is 23.8 Å². The SMILES string of the molecule is Cc1ccc(NC(=O)CCCCC(=O)O)cc1N(C)C. The molecule has 1 rings (SSSR count). The molecule has 0 saturated carbocycles. The standard InChI is InChI=1S/C15H22N2O3/c1-11-8-9-12(10-13(11)17(2)3)16-14(18)6-4-5-7-15(19)20/h8-10H,4-7H2,1-3H3,(H,16,18)(H,19,20). The van der Waals surface area contributed by atoms with Crippen LogP contribution in [0, 0.1) is 6.92 Å². The minimum Gasteiger partial charge on any atom is -0.481 e. The zero-order valence-electron chi connectivity index (χ0n) is 12.3. The van der Waals surface area contributed by atoms with Crippen molar-refractivity contribution in [2.75, 3.05) is 24.3 Å². The second-order valence-electron chi connectivity index (χ2n) is 5.04. The molecule has 20 heavy (non-hydrogen) atoms. The number of benzene rings is 1. The normalized spacial score (nSPS) is 10.2. The van der Waals surface area contributed by atoms with Gasteiger partial charge in [-0.3, -0.25) is 9.59 Å². The highest BCUT2D eigenvalue weighted by Gasteiger charge is 2.06. The van der Waals surface area contributed by atoms with Gasteiger partial charge < -0.3 is 15.3 Å². The Bertz CT molecular complexity index is 484. The van der Waals surface area contributed by atoms with Gasteiger partial charge in [0.25, 0.3) is 0 Å². The Hall–Kier alpha value is -2.04. The fourth-order valence-corrected chi connectivity index (χ4v) is 1.95. The van der Waals surface area contributed by atoms with Gasteiger partial charge in [0.15, 0.2) is 0 Å². The molecule has 0 aliphatic heterocycles. The molecule has 0 radical (unpaired) electrons. The van der Waals surface area contributed by atoms with E-state index in [-0.39, 0.29) is 12.3 Å². The van der Waals surface area contributed by atoms with Crippen LogP contribution in [0.5, 0.6) is 0 Å². The highest BCUT2D eigenvalue weighted by atomic mass is 16.4. The number of nitrogens with one attached hydrogen (secondary N) is 1. The monoisotopic (exact) mass is 278 g/mol. The summed E-state index contributed by atoms with van der Waals surface area (Å²) in [6.07, 6.45) is 1.57. The number of rotatable bonds is 7. The van der Waals surface area contributed by atoms with Gasteiger partial charge in [-0.25, -0.2) is 0 Å². The molecule has 0 saturated heterocycles. The molecular formula is C15H22N2O3. The Morgan fingerprint density at radius 1 is 1.20 bits per heavy atom. The number of hydrogen-bond donors (Lipinski definition) is 2. The maximum Gasteiger partial charge on any atom is 0.303 e. The summed E-state index contributed by atoms with van der Waals surface area (Å²) in [6.45, 7) is 2.02. The highest BCUT2D eigenvalue weighted by Crippen LogP contribution is 2.22. The third-order valence-electron chi connectivity index (χ3n) is 3.02. The molecule has 0 aliphatic rings. The minimum atomic E-state index is -0.820. The first-order valence-corrected chi connectivity index (χ1v) is 6.70. The lowest BCUT2D eigenvalue weighted by molar-refractivity contribution is -0.137. The minimum absolute atomic E-state index is 0.0797. The summed E-state index contributed by atoms with van der Waals surface area (Å²) in [5.74, 6) is -0.900. The average Bonchev–Trinajstić information content (AvgIpc) is 2.36. The summed E-state index contributed by atoms with van der Waals surface area (Å²) in [5.41, 5.74) is 2.98. The third kappa shape index (κ3) is 5.30. The van der Waals surface area contributed by atoms with E-state index in [1.54, 1.807) is 0 Å². The first-order valence-electron chi connectivity index (χ1n) is 6.70. The largest absolute Gasteiger partial charge is 0.481 e. The second-order valence-corrected chi connectivity index (χ2v) is 5.04. The maximum atomic E-state index is 11.8. The molecule has 0 aliphatic carbocycles. The van der Waals surface area contributed by atoms with Crippen LogP contribution >= 0.6 is 0 Å². The van der Waals surface area contributed by atoms with Gasteiger partial charge in [-0.05, 0) is 37.5 Å². The number of amides is 1. The summed E-state index contributed by atoms with van der Waals surface area (Å²) in [4.78, 5) is 24.1. The van der Waals surface area contributed by atoms with Crippen LogP contribution in [0.2, 0.25) is 0 Å². The van der Waals surface area contributed by atoms with Crippen LogP contribution < -0.4 is 10.2 Å². The van der Waals surface area contributed by atoms with E-state index in [2.05, 4.69) is 5.32 Å². The van der Waals surface area contributed by atoms with Crippen molar-refractivity contribution in [1.29, 1.82) is 0 Å². The van der Waals surface area contributed by atoms with Crippen LogP contribution in [-0.2, 0) is 9.59 Å². The molecule has 5 nitrogen and oxygen atoms in total. The van der Waals surface area contributed by atoms with Crippen LogP contribution in [0.25, 0.3) is 0 Å². The second kappa shape index (κ2) is 7.53. The number of unbranched alkanes of at least 4 members (excludes halogenated alkanes) is 1. The van der Waals surface area contributed by atoms with Gasteiger partial charge in [0, 0.05) is 38.3 Å². The Kier molecular flexibility index (Phi) is 6.03. The quantitative estimate of drug-likeness (QED) is 0.752. The van der Waals surface area contributed by atoms with Crippen molar-refractivity contribution in [2.45, 2.75) is 32.6 Å². The summed E-state index contributed by atoms with van der Waals surface area (Å²) >= 11 is 0. The molecule has 0 heterocycles. The van der Waals surface area contributed by atoms with Gasteiger partial charge >= 0.3 is 5.97 Å². The van der Waals surface area contributed by atoms with E-state index in [9.17, 15) is 9.59 Å². The molecule has 110 valence electrons. The van der Waals surface area contributed by atoms with E-state index in [4.69, 9.17) is 5.11 Å². The van der Waals surface area contributed by atoms with Crippen LogP contribution in [0.3, 0.4) is 0 Å². The van der Waals surface area contributed by atoms with Crippen molar-refractivity contribution in [1.82, 2.24) is 0 Å². The zero-order chi connectivity index (χ0) is 15.1. The fraction of sp³-hybridized carbons (Fsp3) is 0.467. The Morgan fingerprint density at radius 3 is 2.45 bits per heavy atom. The number of aliphatic carboxylic acids is 1. The van der Waals surface area contributed by atoms with E-state index in [0.717, 1.165) is 16.9 Å². The van der Waals surface area contributed by atoms with Crippen LogP contribution in [0.1, 0.15) is 31.2 Å². The molecule has 1 aromatic carbocycles. The molecule has 0 unspecified atom stereocenters. The molecule has 0 spiro atoms. The predicted octanol–water partition coefficient (Wildman–Crippen LogP) is 2.64. The number of hydrogen-bond acceptors (Lipinski definition) is 3. The molecule has 0 fully saturated rings. The van der Waals surface area contributed by atoms with E-state index in [1.165, 1.54) is 0 Å². The lowest BCUT2D eigenvalue weighted by Gasteiger charge is -2.17. The number of carbonyl (C=O) groups excluding carboxylic acids is 1. The molecule has 5 heteroatoms. The lowest BCUT2D eigenvalue weighted by Crippen LogP contribution is -2.14. The third-order valence-corrected chi connectivity index (χ3v) is 3.02. The van der Waals surface area contributed by atoms with E-state index in [0.29, 0.717) is 19.3 Å². The van der Waals surface area contributed by atoms with Gasteiger partial charge in [-0.15, -0.1) is 0 Å². The molecule has 0 aromatic heterocycles. The number of carboxylic acid groups (broad SMARTS) is 1. The molecule has 0 bridgehead atoms. The number of carboxylic acids is 1. The Balaban J connectivity index is 2.49. The number of nitrogens with zero attached hydrogens (tertiary/aromatic N) is 1. The molecular weight excluding hydrogens is 256 g/mol. The van der Waals surface area contributed by atoms with Crippen molar-refractivity contribution in [3.63, 3.8) is 0 Å². The van der Waals surface area contributed by atoms with Crippen LogP contribution in [0.4, 0.5) is 11.4 Å². The maximum absolute atomic E-state index is 11.8. The predicted molar refractivity (Wildman–Crippen MR) is 80.2 cm³/mol. The van der Waals surface area contributed by atoms with Crippen molar-refractivity contribution in [3.8, 4) is 0 Å². The van der Waals surface area contributed by atoms with Crippen molar-refractivity contribution >= 4 is 23.3 Å². The number of anilines is 2. The summed E-state index contributed by atoms with van der Waals surface area (Å²) in [5, 5.41) is 11.4. The highest BCUT2D eigenvalue weighted by molar-refractivity contribution is 5.91. The van der Waals surface area contributed by atoms with Crippen molar-refractivity contribution < 1.29 is 14.7 Å². The summed E-state index contributed by atoms with van der Waals surface area (Å²) in [7, 11) is 3.92. The summed E-state index contributed by atoms with van der Waals surface area (Å²) in [6, 6.07) is 5.78. The first-order chi connectivity index (χ1) is 9.40. The van der Waals surface area contributed by atoms with Crippen LogP contribution in [0.15, 0.2) is 18.2 Å². The topological polar surface area (TPSA) is 69.6 Å². The Labute approximate surface area is 119 Å². The van der Waals surface area contributed by atoms with E-state index >= 15 is 0 Å². The number of aryl methyl sites for hydroxylation is 1. The van der Waals surface area contributed by atoms with Crippen molar-refractivity contribution in [2.24, 2.45) is 0 Å². The average molecular weight is 278 g/mol. The molecule has 0 atom stereocenters. The van der Waals surface area contributed by atoms with Gasteiger partial charge in [0.2, 0.25) is 5.91 Å². The van der Waals surface area contributed by atoms with Gasteiger partial charge in [-0.1, -0.05) is 6.07 Å². The Morgan fingerprint density at radius 2 is 1.85 bits per heavy atom. The van der Waals surface area contributed by atoms with Gasteiger partial charge in [0.05, 0.1) is 0 Å². The molecule has 1 amide bonds. The summed E-state index contributed by atoms with van der Waals surface area (Å²) < 4.78 is 0. The van der Waals surface area contributed by atoms with Crippen LogP contribution in [-0.4, -0.2) is 31.1 Å². The zero-order valence-corrected chi connectivity index (χ0v) is 12.3. The fourth-order valence-electron chi connectivity index (χ4n) is 1.95. The smallest absolute Gasteiger partial charge is 0.303 e. The van der Waals surface area contributed by atoms with Gasteiger partial charge in [0.1, 0.15) is 0 Å². The molecule has 1 aromatic rings. The van der Waals surface area contributed by atoms with E-state index in [1.807, 2.05) is 44.1 Å².